The lowest BCUT2D eigenvalue weighted by molar-refractivity contribution is 0.183. The van der Waals surface area contributed by atoms with E-state index >= 15 is 0 Å². The summed E-state index contributed by atoms with van der Waals surface area (Å²) in [6, 6.07) is 7.24. The van der Waals surface area contributed by atoms with Crippen molar-refractivity contribution < 1.29 is 4.74 Å². The van der Waals surface area contributed by atoms with Gasteiger partial charge in [0.1, 0.15) is 5.75 Å². The van der Waals surface area contributed by atoms with E-state index in [0.717, 1.165) is 5.75 Å². The second kappa shape index (κ2) is 5.96. The zero-order valence-electron chi connectivity index (χ0n) is 12.0. The molecular formula is C17H25NO. The molecule has 0 aliphatic heterocycles. The molecule has 0 saturated heterocycles. The molecule has 2 heteroatoms. The van der Waals surface area contributed by atoms with Crippen LogP contribution in [0.15, 0.2) is 18.2 Å². The Morgan fingerprint density at radius 3 is 2.58 bits per heavy atom. The van der Waals surface area contributed by atoms with E-state index in [2.05, 4.69) is 30.6 Å². The molecule has 1 saturated carbocycles. The fraction of sp³-hybridized carbons (Fsp3) is 0.647. The lowest BCUT2D eigenvalue weighted by Gasteiger charge is -2.18. The molecule has 0 bridgehead atoms. The van der Waals surface area contributed by atoms with E-state index in [1.165, 1.54) is 62.5 Å². The van der Waals surface area contributed by atoms with Crippen molar-refractivity contribution in [2.45, 2.75) is 63.5 Å². The summed E-state index contributed by atoms with van der Waals surface area (Å²) in [6.07, 6.45) is 10.7. The van der Waals surface area contributed by atoms with Crippen LogP contribution < -0.4 is 10.1 Å². The normalized spacial score (nSPS) is 23.9. The predicted octanol–water partition coefficient (Wildman–Crippen LogP) is 3.99. The number of hydrogen-bond donors (Lipinski definition) is 1. The first kappa shape index (κ1) is 13.0. The Bertz CT molecular complexity index is 421. The zero-order chi connectivity index (χ0) is 13.1. The van der Waals surface area contributed by atoms with Crippen LogP contribution in [-0.4, -0.2) is 13.2 Å². The maximum atomic E-state index is 6.21. The predicted molar refractivity (Wildman–Crippen MR) is 78.7 cm³/mol. The summed E-state index contributed by atoms with van der Waals surface area (Å²) in [5.74, 6) is 1.09. The quantitative estimate of drug-likeness (QED) is 0.829. The van der Waals surface area contributed by atoms with Gasteiger partial charge in [0, 0.05) is 6.04 Å². The Balaban J connectivity index is 1.69. The first-order chi connectivity index (χ1) is 9.36. The number of fused-ring (bicyclic) bond motifs is 1. The molecule has 104 valence electrons. The zero-order valence-corrected chi connectivity index (χ0v) is 12.0. The van der Waals surface area contributed by atoms with Crippen molar-refractivity contribution in [3.8, 4) is 5.75 Å². The second-order valence-corrected chi connectivity index (χ2v) is 5.97. The minimum Gasteiger partial charge on any atom is -0.490 e. The summed E-state index contributed by atoms with van der Waals surface area (Å²) < 4.78 is 6.21. The van der Waals surface area contributed by atoms with Crippen molar-refractivity contribution >= 4 is 0 Å². The Morgan fingerprint density at radius 1 is 1.05 bits per heavy atom. The topological polar surface area (TPSA) is 21.3 Å². The average Bonchev–Trinajstić information content (AvgIpc) is 2.66. The van der Waals surface area contributed by atoms with Gasteiger partial charge in [0.25, 0.3) is 0 Å². The van der Waals surface area contributed by atoms with Crippen molar-refractivity contribution in [3.05, 3.63) is 29.3 Å². The SMILES string of the molecule is CNC1CCc2cc(OC3CCCCCC3)ccc21. The van der Waals surface area contributed by atoms with Crippen molar-refractivity contribution in [3.63, 3.8) is 0 Å². The first-order valence-corrected chi connectivity index (χ1v) is 7.83. The largest absolute Gasteiger partial charge is 0.490 e. The molecule has 1 atom stereocenters. The van der Waals surface area contributed by atoms with Gasteiger partial charge in [-0.3, -0.25) is 0 Å². The van der Waals surface area contributed by atoms with E-state index in [4.69, 9.17) is 4.74 Å². The summed E-state index contributed by atoms with van der Waals surface area (Å²) >= 11 is 0. The van der Waals surface area contributed by atoms with E-state index < -0.39 is 0 Å². The van der Waals surface area contributed by atoms with Crippen molar-refractivity contribution in [2.24, 2.45) is 0 Å². The molecule has 1 fully saturated rings. The fourth-order valence-corrected chi connectivity index (χ4v) is 3.52. The molecule has 1 N–H and O–H groups in total. The molecule has 2 nitrogen and oxygen atoms in total. The second-order valence-electron chi connectivity index (χ2n) is 5.97. The minimum absolute atomic E-state index is 0.446. The van der Waals surface area contributed by atoms with E-state index in [1.54, 1.807) is 0 Å². The molecule has 0 spiro atoms. The number of aryl methyl sites for hydroxylation is 1. The van der Waals surface area contributed by atoms with Crippen LogP contribution >= 0.6 is 0 Å². The molecule has 19 heavy (non-hydrogen) atoms. The summed E-state index contributed by atoms with van der Waals surface area (Å²) in [6.45, 7) is 0. The van der Waals surface area contributed by atoms with Gasteiger partial charge in [-0.05, 0) is 68.8 Å². The van der Waals surface area contributed by atoms with Gasteiger partial charge in [-0.15, -0.1) is 0 Å². The molecule has 0 amide bonds. The lowest BCUT2D eigenvalue weighted by atomic mass is 10.1. The lowest BCUT2D eigenvalue weighted by Crippen LogP contribution is -2.15. The van der Waals surface area contributed by atoms with Crippen LogP contribution in [0.4, 0.5) is 0 Å². The van der Waals surface area contributed by atoms with Crippen molar-refractivity contribution in [2.75, 3.05) is 7.05 Å². The standard InChI is InChI=1S/C17H25NO/c1-18-17-11-8-13-12-15(9-10-16(13)17)19-14-6-4-2-3-5-7-14/h9-10,12,14,17-18H,2-8,11H2,1H3. The summed E-state index contributed by atoms with van der Waals surface area (Å²) in [5, 5.41) is 3.39. The van der Waals surface area contributed by atoms with Crippen LogP contribution in [0.5, 0.6) is 5.75 Å². The van der Waals surface area contributed by atoms with E-state index in [0.29, 0.717) is 12.1 Å². The third-order valence-electron chi connectivity index (χ3n) is 4.65. The monoisotopic (exact) mass is 259 g/mol. The highest BCUT2D eigenvalue weighted by Gasteiger charge is 2.22. The first-order valence-electron chi connectivity index (χ1n) is 7.83. The summed E-state index contributed by atoms with van der Waals surface area (Å²) in [5.41, 5.74) is 2.95. The van der Waals surface area contributed by atoms with Gasteiger partial charge in [0.05, 0.1) is 6.10 Å². The van der Waals surface area contributed by atoms with Crippen molar-refractivity contribution in [1.82, 2.24) is 5.32 Å². The van der Waals surface area contributed by atoms with Crippen LogP contribution in [0.3, 0.4) is 0 Å². The molecule has 1 unspecified atom stereocenters. The number of hydrogen-bond acceptors (Lipinski definition) is 2. The minimum atomic E-state index is 0.446. The van der Waals surface area contributed by atoms with E-state index in [-0.39, 0.29) is 0 Å². The highest BCUT2D eigenvalue weighted by molar-refractivity contribution is 5.40. The van der Waals surface area contributed by atoms with E-state index in [1.807, 2.05) is 0 Å². The van der Waals surface area contributed by atoms with E-state index in [9.17, 15) is 0 Å². The van der Waals surface area contributed by atoms with Gasteiger partial charge in [-0.1, -0.05) is 18.9 Å². The van der Waals surface area contributed by atoms with Gasteiger partial charge in [-0.25, -0.2) is 0 Å². The number of rotatable bonds is 3. The smallest absolute Gasteiger partial charge is 0.120 e. The Morgan fingerprint density at radius 2 is 1.84 bits per heavy atom. The third-order valence-corrected chi connectivity index (χ3v) is 4.65. The van der Waals surface area contributed by atoms with Crippen molar-refractivity contribution in [1.29, 1.82) is 0 Å². The Labute approximate surface area is 116 Å². The molecule has 2 aliphatic carbocycles. The average molecular weight is 259 g/mol. The van der Waals surface area contributed by atoms with Gasteiger partial charge < -0.3 is 10.1 Å². The van der Waals surface area contributed by atoms with Crippen LogP contribution in [0.2, 0.25) is 0 Å². The van der Waals surface area contributed by atoms with Gasteiger partial charge in [0.2, 0.25) is 0 Å². The van der Waals surface area contributed by atoms with Crippen LogP contribution in [0, 0.1) is 0 Å². The Hall–Kier alpha value is -1.02. The van der Waals surface area contributed by atoms with Crippen LogP contribution in [0.1, 0.15) is 62.1 Å². The molecule has 0 aromatic heterocycles. The van der Waals surface area contributed by atoms with Gasteiger partial charge in [-0.2, -0.15) is 0 Å². The van der Waals surface area contributed by atoms with Crippen LogP contribution in [-0.2, 0) is 6.42 Å². The summed E-state index contributed by atoms with van der Waals surface area (Å²) in [4.78, 5) is 0. The molecule has 1 aromatic rings. The highest BCUT2D eigenvalue weighted by Crippen LogP contribution is 2.34. The maximum Gasteiger partial charge on any atom is 0.120 e. The molecule has 0 radical (unpaired) electrons. The fourth-order valence-electron chi connectivity index (χ4n) is 3.52. The third kappa shape index (κ3) is 2.94. The molecule has 0 heterocycles. The highest BCUT2D eigenvalue weighted by atomic mass is 16.5. The number of benzene rings is 1. The van der Waals surface area contributed by atoms with Gasteiger partial charge >= 0.3 is 0 Å². The molecule has 3 rings (SSSR count). The molecule has 1 aromatic carbocycles. The molecule has 2 aliphatic rings. The Kier molecular flexibility index (Phi) is 4.07. The molecular weight excluding hydrogens is 234 g/mol. The van der Waals surface area contributed by atoms with Gasteiger partial charge in [0.15, 0.2) is 0 Å². The summed E-state index contributed by atoms with van der Waals surface area (Å²) in [7, 11) is 2.05. The maximum absolute atomic E-state index is 6.21. The number of ether oxygens (including phenoxy) is 1. The van der Waals surface area contributed by atoms with Crippen LogP contribution in [0.25, 0.3) is 0 Å². The number of nitrogens with one attached hydrogen (secondary N) is 1.